The quantitative estimate of drug-likeness (QED) is 0.0239. The van der Waals surface area contributed by atoms with E-state index in [0.717, 1.165) is 116 Å². The minimum absolute atomic E-state index is 0.0157. The number of carbonyl (C=O) groups is 1. The minimum Gasteiger partial charge on any atom is -0.457 e. The molecule has 0 aromatic carbocycles. The summed E-state index contributed by atoms with van der Waals surface area (Å²) in [5.74, 6) is -0.425. The Morgan fingerprint density at radius 3 is 1.40 bits per heavy atom. The molecule has 10 heteroatoms. The lowest BCUT2D eigenvalue weighted by molar-refractivity contribution is -0.154. The summed E-state index contributed by atoms with van der Waals surface area (Å²) < 4.78 is 33.3. The van der Waals surface area contributed by atoms with Crippen LogP contribution in [-0.2, 0) is 27.9 Å². The summed E-state index contributed by atoms with van der Waals surface area (Å²) >= 11 is 0. The summed E-state index contributed by atoms with van der Waals surface area (Å²) in [4.78, 5) is 22.5. The predicted octanol–water partition coefficient (Wildman–Crippen LogP) is 12.2. The average Bonchev–Trinajstić information content (AvgIpc) is 3.21. The van der Waals surface area contributed by atoms with Crippen molar-refractivity contribution in [2.45, 2.75) is 154 Å². The van der Waals surface area contributed by atoms with Gasteiger partial charge in [-0.3, -0.25) is 13.8 Å². The molecule has 0 fully saturated rings. The van der Waals surface area contributed by atoms with E-state index in [1.807, 2.05) is 0 Å². The molecule has 0 amide bonds. The van der Waals surface area contributed by atoms with Crippen LogP contribution in [0.15, 0.2) is 109 Å². The van der Waals surface area contributed by atoms with Crippen molar-refractivity contribution in [1.82, 2.24) is 0 Å². The third kappa shape index (κ3) is 42.7. The third-order valence-electron chi connectivity index (χ3n) is 8.45. The van der Waals surface area contributed by atoms with Crippen molar-refractivity contribution in [2.24, 2.45) is 0 Å². The number of hydrogen-bond donors (Lipinski definition) is 3. The molecule has 0 aliphatic heterocycles. The molecule has 58 heavy (non-hydrogen) atoms. The van der Waals surface area contributed by atoms with Crippen LogP contribution in [-0.4, -0.2) is 66.3 Å². The lowest BCUT2D eigenvalue weighted by Gasteiger charge is -2.20. The molecule has 0 saturated carbocycles. The Labute approximate surface area is 352 Å². The fraction of sp³-hybridized carbons (Fsp3) is 0.604. The molecule has 0 bridgehead atoms. The second-order valence-corrected chi connectivity index (χ2v) is 15.4. The number of carbonyl (C=O) groups excluding carboxylic acids is 1. The van der Waals surface area contributed by atoms with Gasteiger partial charge < -0.3 is 24.6 Å². The van der Waals surface area contributed by atoms with Crippen molar-refractivity contribution >= 4 is 13.8 Å². The Balaban J connectivity index is 4.24. The molecule has 0 spiro atoms. The Morgan fingerprint density at radius 2 is 0.931 bits per heavy atom. The lowest BCUT2D eigenvalue weighted by Crippen LogP contribution is -2.29. The number of aliphatic hydroxyl groups excluding tert-OH is 2. The van der Waals surface area contributed by atoms with Gasteiger partial charge in [0.1, 0.15) is 12.2 Å². The maximum absolute atomic E-state index is 12.6. The second-order valence-electron chi connectivity index (χ2n) is 13.9. The number of ether oxygens (including phenoxy) is 2. The Hall–Kier alpha value is -2.88. The van der Waals surface area contributed by atoms with Gasteiger partial charge in [0.25, 0.3) is 0 Å². The number of aliphatic hydroxyl groups is 2. The molecule has 3 atom stereocenters. The smallest absolute Gasteiger partial charge is 0.457 e. The molecular formula is C48H79O9P. The van der Waals surface area contributed by atoms with Gasteiger partial charge in [0.15, 0.2) is 0 Å². The van der Waals surface area contributed by atoms with Gasteiger partial charge >= 0.3 is 13.8 Å². The van der Waals surface area contributed by atoms with Crippen LogP contribution in [0, 0.1) is 0 Å². The summed E-state index contributed by atoms with van der Waals surface area (Å²) in [6, 6.07) is 0. The van der Waals surface area contributed by atoms with Crippen molar-refractivity contribution in [2.75, 3.05) is 33.0 Å². The molecule has 3 unspecified atom stereocenters. The highest BCUT2D eigenvalue weighted by Crippen LogP contribution is 2.43. The zero-order valence-electron chi connectivity index (χ0n) is 36.0. The molecule has 0 saturated heterocycles. The van der Waals surface area contributed by atoms with Gasteiger partial charge in [-0.1, -0.05) is 149 Å². The van der Waals surface area contributed by atoms with Gasteiger partial charge in [-0.05, 0) is 96.3 Å². The van der Waals surface area contributed by atoms with E-state index in [-0.39, 0.29) is 13.0 Å². The largest absolute Gasteiger partial charge is 0.472 e. The number of hydrogen-bond acceptors (Lipinski definition) is 8. The Morgan fingerprint density at radius 1 is 0.534 bits per heavy atom. The van der Waals surface area contributed by atoms with E-state index in [2.05, 4.69) is 123 Å². The van der Waals surface area contributed by atoms with Crippen molar-refractivity contribution < 1.29 is 43.0 Å². The molecular weight excluding hydrogens is 751 g/mol. The SMILES string of the molecule is CC/C=C\C/C=C\C/C=C\C/C=C\C/C=C\C/C=C\CCCCCCCOCC(COP(=O)(O)OCC(O)CO)OC(=O)CCCCC/C=C\C/C=C\C/C=C\CC. The first kappa shape index (κ1) is 55.1. The first-order valence-electron chi connectivity index (χ1n) is 21.9. The van der Waals surface area contributed by atoms with E-state index >= 15 is 0 Å². The van der Waals surface area contributed by atoms with E-state index in [0.29, 0.717) is 13.0 Å². The Bertz CT molecular complexity index is 1260. The van der Waals surface area contributed by atoms with Gasteiger partial charge in [-0.25, -0.2) is 4.57 Å². The summed E-state index contributed by atoms with van der Waals surface area (Å²) in [5, 5.41) is 18.3. The van der Waals surface area contributed by atoms with Gasteiger partial charge in [-0.15, -0.1) is 0 Å². The predicted molar refractivity (Wildman–Crippen MR) is 241 cm³/mol. The topological polar surface area (TPSA) is 132 Å². The van der Waals surface area contributed by atoms with E-state index in [1.165, 1.54) is 0 Å². The van der Waals surface area contributed by atoms with Crippen molar-refractivity contribution in [3.05, 3.63) is 109 Å². The fourth-order valence-corrected chi connectivity index (χ4v) is 5.98. The second kappa shape index (κ2) is 43.7. The highest BCUT2D eigenvalue weighted by Gasteiger charge is 2.26. The van der Waals surface area contributed by atoms with Gasteiger partial charge in [-0.2, -0.15) is 0 Å². The van der Waals surface area contributed by atoms with Crippen LogP contribution >= 0.6 is 7.82 Å². The van der Waals surface area contributed by atoms with E-state index in [4.69, 9.17) is 23.6 Å². The molecule has 0 radical (unpaired) electrons. The average molecular weight is 831 g/mol. The van der Waals surface area contributed by atoms with Crippen molar-refractivity contribution in [3.63, 3.8) is 0 Å². The standard InChI is InChI=1S/C48H79O9P/c1-3-5-7-9-11-13-15-17-18-19-20-21-22-23-24-25-26-27-29-31-33-35-37-39-41-54-44-47(45-56-58(52,53)55-43-46(50)42-49)57-48(51)40-38-36-34-32-30-28-16-14-12-10-8-6-4-2/h5-8,11-14,17-18,20-21,23-24,26-28,30,46-47,49-50H,3-4,9-10,15-16,19,22,25,29,31-45H2,1-2H3,(H,52,53)/b7-5-,8-6-,13-11-,14-12-,18-17-,21-20-,24-23-,27-26-,30-28-. The number of rotatable bonds is 40. The van der Waals surface area contributed by atoms with Crippen LogP contribution < -0.4 is 0 Å². The molecule has 0 aliphatic carbocycles. The normalized spacial score (nSPS) is 15.1. The van der Waals surface area contributed by atoms with Gasteiger partial charge in [0, 0.05) is 13.0 Å². The zero-order valence-corrected chi connectivity index (χ0v) is 36.9. The lowest BCUT2D eigenvalue weighted by atomic mass is 10.1. The number of esters is 1. The minimum atomic E-state index is -4.54. The maximum Gasteiger partial charge on any atom is 0.472 e. The number of phosphoric acid groups is 1. The fourth-order valence-electron chi connectivity index (χ4n) is 5.19. The highest BCUT2D eigenvalue weighted by atomic mass is 31.2. The highest BCUT2D eigenvalue weighted by molar-refractivity contribution is 7.47. The van der Waals surface area contributed by atoms with E-state index < -0.39 is 45.8 Å². The summed E-state index contributed by atoms with van der Waals surface area (Å²) in [6.07, 6.45) is 56.3. The maximum atomic E-state index is 12.6. The Kier molecular flexibility index (Phi) is 41.5. The van der Waals surface area contributed by atoms with Crippen LogP contribution in [0.2, 0.25) is 0 Å². The molecule has 0 aliphatic rings. The summed E-state index contributed by atoms with van der Waals surface area (Å²) in [7, 11) is -4.54. The van der Waals surface area contributed by atoms with Gasteiger partial charge in [0.05, 0.1) is 26.4 Å². The van der Waals surface area contributed by atoms with E-state index in [1.54, 1.807) is 0 Å². The molecule has 0 heterocycles. The first-order chi connectivity index (χ1) is 28.3. The summed E-state index contributed by atoms with van der Waals surface area (Å²) in [6.45, 7) is 3.16. The number of allylic oxidation sites excluding steroid dienone is 18. The molecule has 0 aromatic heterocycles. The molecule has 0 aromatic rings. The molecule has 3 N–H and O–H groups in total. The van der Waals surface area contributed by atoms with Gasteiger partial charge in [0.2, 0.25) is 0 Å². The first-order valence-corrected chi connectivity index (χ1v) is 23.4. The van der Waals surface area contributed by atoms with Crippen molar-refractivity contribution in [1.29, 1.82) is 0 Å². The molecule has 0 rings (SSSR count). The van der Waals surface area contributed by atoms with Crippen LogP contribution in [0.25, 0.3) is 0 Å². The van der Waals surface area contributed by atoms with E-state index in [9.17, 15) is 19.4 Å². The summed E-state index contributed by atoms with van der Waals surface area (Å²) in [5.41, 5.74) is 0. The molecule has 9 nitrogen and oxygen atoms in total. The van der Waals surface area contributed by atoms with Crippen LogP contribution in [0.3, 0.4) is 0 Å². The molecule has 330 valence electrons. The van der Waals surface area contributed by atoms with Crippen LogP contribution in [0.4, 0.5) is 0 Å². The monoisotopic (exact) mass is 831 g/mol. The van der Waals surface area contributed by atoms with Crippen LogP contribution in [0.5, 0.6) is 0 Å². The zero-order chi connectivity index (χ0) is 42.5. The van der Waals surface area contributed by atoms with Crippen molar-refractivity contribution in [3.8, 4) is 0 Å². The third-order valence-corrected chi connectivity index (χ3v) is 9.40. The van der Waals surface area contributed by atoms with Crippen LogP contribution in [0.1, 0.15) is 142 Å². The number of unbranched alkanes of at least 4 members (excludes halogenated alkanes) is 8. The number of phosphoric ester groups is 1.